The van der Waals surface area contributed by atoms with Crippen molar-refractivity contribution in [2.75, 3.05) is 25.6 Å². The van der Waals surface area contributed by atoms with E-state index in [9.17, 15) is 8.42 Å². The zero-order valence-corrected chi connectivity index (χ0v) is 16.9. The Labute approximate surface area is 170 Å². The molecule has 0 fully saturated rings. The van der Waals surface area contributed by atoms with Crippen molar-refractivity contribution in [2.45, 2.75) is 4.90 Å². The van der Waals surface area contributed by atoms with Crippen LogP contribution in [0.2, 0.25) is 0 Å². The molecule has 9 nitrogen and oxygen atoms in total. The predicted octanol–water partition coefficient (Wildman–Crippen LogP) is 2.26. The van der Waals surface area contributed by atoms with Gasteiger partial charge in [-0.05, 0) is 24.3 Å². The lowest BCUT2D eigenvalue weighted by atomic mass is 10.2. The number of thiazole rings is 1. The number of sulfonamides is 1. The zero-order valence-electron chi connectivity index (χ0n) is 15.3. The predicted molar refractivity (Wildman–Crippen MR) is 111 cm³/mol. The van der Waals surface area contributed by atoms with E-state index in [0.29, 0.717) is 16.7 Å². The molecule has 0 spiro atoms. The van der Waals surface area contributed by atoms with Crippen LogP contribution in [0.15, 0.2) is 47.1 Å². The van der Waals surface area contributed by atoms with Crippen LogP contribution in [-0.4, -0.2) is 48.7 Å². The number of ether oxygens (including phenoxy) is 1. The Hall–Kier alpha value is -2.86. The number of aromatic nitrogens is 3. The van der Waals surface area contributed by atoms with Gasteiger partial charge in [0, 0.05) is 23.7 Å². The summed E-state index contributed by atoms with van der Waals surface area (Å²) in [5.74, 6) is 0.599. The minimum Gasteiger partial charge on any atom is -0.495 e. The number of rotatable bonds is 7. The van der Waals surface area contributed by atoms with Gasteiger partial charge in [0.25, 0.3) is 0 Å². The highest BCUT2D eigenvalue weighted by Crippen LogP contribution is 2.32. The molecule has 0 amide bonds. The van der Waals surface area contributed by atoms with Gasteiger partial charge in [0.1, 0.15) is 22.8 Å². The Bertz CT molecular complexity index is 1290. The molecular formula is C18H17N5O4S2. The highest BCUT2D eigenvalue weighted by atomic mass is 32.2. The van der Waals surface area contributed by atoms with Crippen molar-refractivity contribution in [3.05, 3.63) is 42.2 Å². The van der Waals surface area contributed by atoms with Crippen LogP contribution in [0.4, 0.5) is 11.5 Å². The fourth-order valence-electron chi connectivity index (χ4n) is 2.86. The maximum Gasteiger partial charge on any atom is 0.244 e. The van der Waals surface area contributed by atoms with Gasteiger partial charge in [-0.3, -0.25) is 0 Å². The molecule has 2 aromatic heterocycles. The molecule has 29 heavy (non-hydrogen) atoms. The maximum absolute atomic E-state index is 12.6. The number of anilines is 2. The van der Waals surface area contributed by atoms with Crippen LogP contribution in [-0.2, 0) is 10.0 Å². The minimum atomic E-state index is -3.89. The number of fused-ring (bicyclic) bond motifs is 2. The second-order valence-corrected chi connectivity index (χ2v) is 8.65. The van der Waals surface area contributed by atoms with Crippen LogP contribution in [0.1, 0.15) is 0 Å². The molecule has 0 aliphatic heterocycles. The molecule has 150 valence electrons. The fourth-order valence-corrected chi connectivity index (χ4v) is 4.72. The topological polar surface area (TPSA) is 126 Å². The molecular weight excluding hydrogens is 414 g/mol. The van der Waals surface area contributed by atoms with Crippen LogP contribution in [0, 0.1) is 0 Å². The zero-order chi connectivity index (χ0) is 20.4. The van der Waals surface area contributed by atoms with Crippen LogP contribution in [0.3, 0.4) is 0 Å². The third-order valence-corrected chi connectivity index (χ3v) is 6.50. The monoisotopic (exact) mass is 431 g/mol. The van der Waals surface area contributed by atoms with Crippen molar-refractivity contribution in [2.24, 2.45) is 0 Å². The standard InChI is InChI=1S/C18H17N5O4S2/c1-27-15-8-13-12(7-17(15)29(25,26)22-4-5-24)18(20-9-19-13)23-11-2-3-16-14(6-11)21-10-28-16/h2-3,6-10,22,24H,4-5H2,1H3,(H,19,20,23). The van der Waals surface area contributed by atoms with Crippen molar-refractivity contribution < 1.29 is 18.3 Å². The molecule has 0 atom stereocenters. The average Bonchev–Trinajstić information content (AvgIpc) is 3.19. The van der Waals surface area contributed by atoms with E-state index in [2.05, 4.69) is 25.0 Å². The summed E-state index contributed by atoms with van der Waals surface area (Å²) in [5.41, 5.74) is 3.92. The Morgan fingerprint density at radius 3 is 2.79 bits per heavy atom. The number of benzene rings is 2. The minimum absolute atomic E-state index is 0.0613. The van der Waals surface area contributed by atoms with E-state index >= 15 is 0 Å². The quantitative estimate of drug-likeness (QED) is 0.407. The molecule has 4 rings (SSSR count). The number of aliphatic hydroxyl groups excluding tert-OH is 1. The first-order chi connectivity index (χ1) is 14.0. The largest absolute Gasteiger partial charge is 0.495 e. The number of aliphatic hydroxyl groups is 1. The molecule has 0 saturated carbocycles. The molecule has 0 radical (unpaired) electrons. The number of nitrogens with zero attached hydrogens (tertiary/aromatic N) is 3. The number of hydrogen-bond donors (Lipinski definition) is 3. The number of methoxy groups -OCH3 is 1. The molecule has 0 bridgehead atoms. The van der Waals surface area contributed by atoms with Gasteiger partial charge in [0.05, 0.1) is 35.0 Å². The molecule has 0 aliphatic carbocycles. The van der Waals surface area contributed by atoms with Gasteiger partial charge in [-0.15, -0.1) is 11.3 Å². The van der Waals surface area contributed by atoms with Crippen molar-refractivity contribution >= 4 is 54.0 Å². The van der Waals surface area contributed by atoms with Crippen LogP contribution in [0.25, 0.3) is 21.1 Å². The summed E-state index contributed by atoms with van der Waals surface area (Å²) < 4.78 is 33.9. The first-order valence-corrected chi connectivity index (χ1v) is 10.9. The Morgan fingerprint density at radius 1 is 1.14 bits per heavy atom. The van der Waals surface area contributed by atoms with Crippen molar-refractivity contribution in [3.8, 4) is 5.75 Å². The van der Waals surface area contributed by atoms with Gasteiger partial charge in [-0.1, -0.05) is 0 Å². The second-order valence-electron chi connectivity index (χ2n) is 6.02. The number of nitrogens with one attached hydrogen (secondary N) is 2. The molecule has 4 aromatic rings. The van der Waals surface area contributed by atoms with Gasteiger partial charge in [0.2, 0.25) is 10.0 Å². The third-order valence-electron chi connectivity index (χ3n) is 4.21. The average molecular weight is 431 g/mol. The van der Waals surface area contributed by atoms with Crippen LogP contribution >= 0.6 is 11.3 Å². The van der Waals surface area contributed by atoms with E-state index in [-0.39, 0.29) is 23.8 Å². The lowest BCUT2D eigenvalue weighted by Gasteiger charge is -2.13. The van der Waals surface area contributed by atoms with E-state index in [4.69, 9.17) is 9.84 Å². The van der Waals surface area contributed by atoms with Crippen molar-refractivity contribution in [3.63, 3.8) is 0 Å². The normalized spacial score (nSPS) is 11.8. The van der Waals surface area contributed by atoms with Crippen LogP contribution < -0.4 is 14.8 Å². The summed E-state index contributed by atoms with van der Waals surface area (Å²) in [5, 5.41) is 12.7. The molecule has 3 N–H and O–H groups in total. The van der Waals surface area contributed by atoms with Gasteiger partial charge in [-0.2, -0.15) is 0 Å². The van der Waals surface area contributed by atoms with E-state index in [1.54, 1.807) is 22.9 Å². The van der Waals surface area contributed by atoms with Gasteiger partial charge in [-0.25, -0.2) is 28.1 Å². The van der Waals surface area contributed by atoms with E-state index < -0.39 is 10.0 Å². The summed E-state index contributed by atoms with van der Waals surface area (Å²) in [6, 6.07) is 8.75. The van der Waals surface area contributed by atoms with Crippen LogP contribution in [0.5, 0.6) is 5.75 Å². The van der Waals surface area contributed by atoms with Gasteiger partial charge < -0.3 is 15.2 Å². The van der Waals surface area contributed by atoms with Gasteiger partial charge in [0.15, 0.2) is 0 Å². The molecule has 0 unspecified atom stereocenters. The summed E-state index contributed by atoms with van der Waals surface area (Å²) in [7, 11) is -2.51. The van der Waals surface area contributed by atoms with E-state index in [1.807, 2.05) is 18.2 Å². The first-order valence-electron chi connectivity index (χ1n) is 8.55. The number of hydrogen-bond acceptors (Lipinski definition) is 9. The lowest BCUT2D eigenvalue weighted by molar-refractivity contribution is 0.301. The lowest BCUT2D eigenvalue weighted by Crippen LogP contribution is -2.27. The van der Waals surface area contributed by atoms with E-state index in [1.165, 1.54) is 19.5 Å². The smallest absolute Gasteiger partial charge is 0.244 e. The summed E-state index contributed by atoms with van der Waals surface area (Å²) in [4.78, 5) is 12.7. The summed E-state index contributed by atoms with van der Waals surface area (Å²) in [6.07, 6.45) is 1.39. The SMILES string of the molecule is COc1cc2ncnc(Nc3ccc4scnc4c3)c2cc1S(=O)(=O)NCCO. The van der Waals surface area contributed by atoms with Crippen molar-refractivity contribution in [1.82, 2.24) is 19.7 Å². The molecule has 0 aliphatic rings. The Kier molecular flexibility index (Phi) is 5.28. The van der Waals surface area contributed by atoms with Crippen molar-refractivity contribution in [1.29, 1.82) is 0 Å². The second kappa shape index (κ2) is 7.87. The Morgan fingerprint density at radius 2 is 2.00 bits per heavy atom. The molecule has 2 aromatic carbocycles. The van der Waals surface area contributed by atoms with E-state index in [0.717, 1.165) is 15.9 Å². The summed E-state index contributed by atoms with van der Waals surface area (Å²) >= 11 is 1.55. The highest BCUT2D eigenvalue weighted by molar-refractivity contribution is 7.89. The Balaban J connectivity index is 1.81. The maximum atomic E-state index is 12.6. The van der Waals surface area contributed by atoms with Gasteiger partial charge >= 0.3 is 0 Å². The highest BCUT2D eigenvalue weighted by Gasteiger charge is 2.21. The molecule has 0 saturated heterocycles. The third kappa shape index (κ3) is 3.85. The molecule has 11 heteroatoms. The molecule has 2 heterocycles. The first kappa shape index (κ1) is 19.5. The summed E-state index contributed by atoms with van der Waals surface area (Å²) in [6.45, 7) is -0.419. The fraction of sp³-hybridized carbons (Fsp3) is 0.167.